The zero-order valence-corrected chi connectivity index (χ0v) is 12.1. The van der Waals surface area contributed by atoms with E-state index in [9.17, 15) is 0 Å². The van der Waals surface area contributed by atoms with Crippen molar-refractivity contribution in [3.8, 4) is 5.75 Å². The Hall–Kier alpha value is -0.730. The Morgan fingerprint density at radius 3 is 2.35 bits per heavy atom. The number of nitrogens with two attached hydrogens (primary N) is 1. The molecule has 0 amide bonds. The minimum Gasteiger partial charge on any atom is -0.495 e. The number of methoxy groups -OCH3 is 1. The van der Waals surface area contributed by atoms with Gasteiger partial charge >= 0.3 is 0 Å². The SMILES string of the molecule is COc1cc(C(C)C)c(CC(C)(C)N)cc1Cl. The van der Waals surface area contributed by atoms with E-state index in [1.807, 2.05) is 26.0 Å². The summed E-state index contributed by atoms with van der Waals surface area (Å²) in [4.78, 5) is 0. The van der Waals surface area contributed by atoms with Gasteiger partial charge in [0.2, 0.25) is 0 Å². The first-order chi connectivity index (χ1) is 7.74. The van der Waals surface area contributed by atoms with Gasteiger partial charge in [-0.2, -0.15) is 0 Å². The van der Waals surface area contributed by atoms with Gasteiger partial charge in [-0.15, -0.1) is 0 Å². The topological polar surface area (TPSA) is 35.2 Å². The van der Waals surface area contributed by atoms with Crippen LogP contribution in [0.3, 0.4) is 0 Å². The third kappa shape index (κ3) is 3.90. The van der Waals surface area contributed by atoms with Gasteiger partial charge in [0.1, 0.15) is 5.75 Å². The van der Waals surface area contributed by atoms with Gasteiger partial charge in [0.25, 0.3) is 0 Å². The molecule has 0 unspecified atom stereocenters. The van der Waals surface area contributed by atoms with Gasteiger partial charge in [-0.1, -0.05) is 25.4 Å². The molecule has 1 rings (SSSR count). The van der Waals surface area contributed by atoms with Crippen LogP contribution in [0.2, 0.25) is 5.02 Å². The lowest BCUT2D eigenvalue weighted by Crippen LogP contribution is -2.34. The number of benzene rings is 1. The lowest BCUT2D eigenvalue weighted by molar-refractivity contribution is 0.413. The van der Waals surface area contributed by atoms with E-state index in [0.717, 1.165) is 12.2 Å². The molecule has 0 fully saturated rings. The largest absolute Gasteiger partial charge is 0.495 e. The molecule has 2 N–H and O–H groups in total. The van der Waals surface area contributed by atoms with Crippen LogP contribution in [0.15, 0.2) is 12.1 Å². The lowest BCUT2D eigenvalue weighted by Gasteiger charge is -2.23. The van der Waals surface area contributed by atoms with Gasteiger partial charge < -0.3 is 10.5 Å². The van der Waals surface area contributed by atoms with E-state index in [1.165, 1.54) is 11.1 Å². The predicted octanol–water partition coefficient (Wildman–Crippen LogP) is 3.75. The molecule has 3 heteroatoms. The van der Waals surface area contributed by atoms with Crippen molar-refractivity contribution in [2.75, 3.05) is 7.11 Å². The smallest absolute Gasteiger partial charge is 0.137 e. The summed E-state index contributed by atoms with van der Waals surface area (Å²) in [6.07, 6.45) is 0.810. The lowest BCUT2D eigenvalue weighted by atomic mass is 9.88. The number of hydrogen-bond acceptors (Lipinski definition) is 2. The molecule has 0 radical (unpaired) electrons. The molecule has 96 valence electrons. The summed E-state index contributed by atoms with van der Waals surface area (Å²) < 4.78 is 5.26. The van der Waals surface area contributed by atoms with Crippen molar-refractivity contribution in [2.45, 2.75) is 45.6 Å². The number of rotatable bonds is 4. The van der Waals surface area contributed by atoms with E-state index in [-0.39, 0.29) is 5.54 Å². The van der Waals surface area contributed by atoms with E-state index in [2.05, 4.69) is 13.8 Å². The fourth-order valence-corrected chi connectivity index (χ4v) is 2.21. The van der Waals surface area contributed by atoms with Crippen molar-refractivity contribution in [3.05, 3.63) is 28.3 Å². The maximum atomic E-state index is 6.17. The van der Waals surface area contributed by atoms with Crippen LogP contribution in [-0.4, -0.2) is 12.6 Å². The van der Waals surface area contributed by atoms with Crippen LogP contribution in [0, 0.1) is 0 Å². The normalized spacial score (nSPS) is 12.0. The van der Waals surface area contributed by atoms with Crippen LogP contribution in [0.5, 0.6) is 5.75 Å². The number of ether oxygens (including phenoxy) is 1. The maximum absolute atomic E-state index is 6.17. The number of hydrogen-bond donors (Lipinski definition) is 1. The van der Waals surface area contributed by atoms with Crippen molar-refractivity contribution < 1.29 is 4.74 Å². The molecule has 0 bridgehead atoms. The zero-order valence-electron chi connectivity index (χ0n) is 11.3. The summed E-state index contributed by atoms with van der Waals surface area (Å²) in [5.41, 5.74) is 8.31. The molecule has 2 nitrogen and oxygen atoms in total. The van der Waals surface area contributed by atoms with Gasteiger partial charge in [0, 0.05) is 5.54 Å². The molecule has 0 saturated heterocycles. The monoisotopic (exact) mass is 255 g/mol. The molecule has 0 aliphatic heterocycles. The highest BCUT2D eigenvalue weighted by atomic mass is 35.5. The Bertz CT molecular complexity index is 394. The van der Waals surface area contributed by atoms with Gasteiger partial charge in [-0.05, 0) is 49.4 Å². The molecule has 0 aromatic heterocycles. The highest BCUT2D eigenvalue weighted by Crippen LogP contribution is 2.33. The first-order valence-corrected chi connectivity index (χ1v) is 6.27. The third-order valence-corrected chi connectivity index (χ3v) is 2.98. The predicted molar refractivity (Wildman–Crippen MR) is 74.1 cm³/mol. The second-order valence-corrected chi connectivity index (χ2v) is 5.91. The van der Waals surface area contributed by atoms with E-state index in [1.54, 1.807) is 7.11 Å². The maximum Gasteiger partial charge on any atom is 0.137 e. The molecule has 0 heterocycles. The van der Waals surface area contributed by atoms with Crippen molar-refractivity contribution in [3.63, 3.8) is 0 Å². The molecule has 0 aliphatic carbocycles. The summed E-state index contributed by atoms with van der Waals surface area (Å²) in [5, 5.41) is 0.649. The molecule has 0 atom stereocenters. The van der Waals surface area contributed by atoms with Crippen LogP contribution < -0.4 is 10.5 Å². The van der Waals surface area contributed by atoms with Crippen LogP contribution in [-0.2, 0) is 6.42 Å². The van der Waals surface area contributed by atoms with Crippen LogP contribution >= 0.6 is 11.6 Å². The Morgan fingerprint density at radius 1 is 1.35 bits per heavy atom. The van der Waals surface area contributed by atoms with Crippen molar-refractivity contribution in [2.24, 2.45) is 5.73 Å². The minimum atomic E-state index is -0.235. The fraction of sp³-hybridized carbons (Fsp3) is 0.571. The van der Waals surface area contributed by atoms with Crippen molar-refractivity contribution in [1.29, 1.82) is 0 Å². The van der Waals surface area contributed by atoms with E-state index in [4.69, 9.17) is 22.1 Å². The Morgan fingerprint density at radius 2 is 1.94 bits per heavy atom. The summed E-state index contributed by atoms with van der Waals surface area (Å²) in [7, 11) is 1.64. The molecule has 17 heavy (non-hydrogen) atoms. The molecule has 0 aliphatic rings. The summed E-state index contributed by atoms with van der Waals surface area (Å²) in [6, 6.07) is 4.00. The molecule has 1 aromatic carbocycles. The summed E-state index contributed by atoms with van der Waals surface area (Å²) in [6.45, 7) is 8.37. The van der Waals surface area contributed by atoms with Crippen molar-refractivity contribution >= 4 is 11.6 Å². The van der Waals surface area contributed by atoms with Gasteiger partial charge in [0.05, 0.1) is 12.1 Å². The Kier molecular flexibility index (Phi) is 4.45. The fourth-order valence-electron chi connectivity index (χ4n) is 1.95. The highest BCUT2D eigenvalue weighted by Gasteiger charge is 2.18. The first-order valence-electron chi connectivity index (χ1n) is 5.90. The quantitative estimate of drug-likeness (QED) is 0.889. The van der Waals surface area contributed by atoms with E-state index in [0.29, 0.717) is 10.9 Å². The average molecular weight is 256 g/mol. The second kappa shape index (κ2) is 5.28. The highest BCUT2D eigenvalue weighted by molar-refractivity contribution is 6.32. The minimum absolute atomic E-state index is 0.235. The van der Waals surface area contributed by atoms with Crippen LogP contribution in [0.1, 0.15) is 44.7 Å². The van der Waals surface area contributed by atoms with Crippen molar-refractivity contribution in [1.82, 2.24) is 0 Å². The molecular weight excluding hydrogens is 234 g/mol. The van der Waals surface area contributed by atoms with Gasteiger partial charge in [0.15, 0.2) is 0 Å². The van der Waals surface area contributed by atoms with Gasteiger partial charge in [-0.3, -0.25) is 0 Å². The van der Waals surface area contributed by atoms with E-state index >= 15 is 0 Å². The number of halogens is 1. The first kappa shape index (κ1) is 14.3. The summed E-state index contributed by atoms with van der Waals surface area (Å²) >= 11 is 6.17. The zero-order chi connectivity index (χ0) is 13.2. The molecule has 0 spiro atoms. The third-order valence-electron chi connectivity index (χ3n) is 2.68. The summed E-state index contributed by atoms with van der Waals surface area (Å²) in [5.74, 6) is 1.16. The van der Waals surface area contributed by atoms with Crippen LogP contribution in [0.4, 0.5) is 0 Å². The standard InChI is InChI=1S/C14H22ClNO/c1-9(2)11-7-13(17-5)12(15)6-10(11)8-14(3,4)16/h6-7,9H,8,16H2,1-5H3. The second-order valence-electron chi connectivity index (χ2n) is 5.51. The molecule has 0 saturated carbocycles. The Balaban J connectivity index is 3.23. The van der Waals surface area contributed by atoms with Gasteiger partial charge in [-0.25, -0.2) is 0 Å². The Labute approximate surface area is 109 Å². The molecule has 1 aromatic rings. The van der Waals surface area contributed by atoms with E-state index < -0.39 is 0 Å². The average Bonchev–Trinajstić information content (AvgIpc) is 2.14. The van der Waals surface area contributed by atoms with Crippen LogP contribution in [0.25, 0.3) is 0 Å². The molecular formula is C14H22ClNO.